The number of esters is 1. The molecule has 0 aliphatic rings. The van der Waals surface area contributed by atoms with Gasteiger partial charge in [-0.05, 0) is 36.8 Å². The molecule has 6 heteroatoms. The topological polar surface area (TPSA) is 61.6 Å². The number of hydrogen-bond acceptors (Lipinski definition) is 5. The van der Waals surface area contributed by atoms with Crippen LogP contribution >= 0.6 is 11.6 Å². The summed E-state index contributed by atoms with van der Waals surface area (Å²) in [5.41, 5.74) is 1.87. The van der Waals surface area contributed by atoms with Gasteiger partial charge in [-0.1, -0.05) is 41.0 Å². The summed E-state index contributed by atoms with van der Waals surface area (Å²) in [4.78, 5) is 11.7. The third-order valence-corrected chi connectivity index (χ3v) is 3.64. The summed E-state index contributed by atoms with van der Waals surface area (Å²) in [5, 5.41) is 4.41. The van der Waals surface area contributed by atoms with E-state index in [2.05, 4.69) is 5.16 Å². The second kappa shape index (κ2) is 7.85. The summed E-state index contributed by atoms with van der Waals surface area (Å²) in [7, 11) is 0. The summed E-state index contributed by atoms with van der Waals surface area (Å²) < 4.78 is 15.9. The predicted octanol–water partition coefficient (Wildman–Crippen LogP) is 4.75. The van der Waals surface area contributed by atoms with Crippen molar-refractivity contribution in [3.8, 4) is 17.1 Å². The molecule has 0 saturated carbocycles. The fourth-order valence-corrected chi connectivity index (χ4v) is 2.46. The molecule has 0 spiro atoms. The predicted molar refractivity (Wildman–Crippen MR) is 93.7 cm³/mol. The van der Waals surface area contributed by atoms with E-state index in [4.69, 9.17) is 25.6 Å². The first-order chi connectivity index (χ1) is 12.2. The maximum Gasteiger partial charge on any atom is 0.360 e. The third-order valence-electron chi connectivity index (χ3n) is 3.41. The molecule has 0 bridgehead atoms. The molecule has 0 saturated heterocycles. The van der Waals surface area contributed by atoms with Crippen molar-refractivity contribution in [1.82, 2.24) is 5.16 Å². The fraction of sp³-hybridized carbons (Fsp3) is 0.158. The molecule has 5 nitrogen and oxygen atoms in total. The van der Waals surface area contributed by atoms with Gasteiger partial charge in [0.2, 0.25) is 0 Å². The molecule has 2 aromatic carbocycles. The highest BCUT2D eigenvalue weighted by molar-refractivity contribution is 6.30. The lowest BCUT2D eigenvalue weighted by Crippen LogP contribution is -2.04. The zero-order valence-corrected chi connectivity index (χ0v) is 14.3. The molecule has 0 aliphatic carbocycles. The molecule has 3 rings (SSSR count). The zero-order chi connectivity index (χ0) is 17.6. The summed E-state index contributed by atoms with van der Waals surface area (Å²) in [5.74, 6) is 0.633. The van der Waals surface area contributed by atoms with Crippen LogP contribution in [0.4, 0.5) is 0 Å². The molecule has 0 unspecified atom stereocenters. The Balaban J connectivity index is 1.72. The largest absolute Gasteiger partial charge is 0.489 e. The minimum Gasteiger partial charge on any atom is -0.489 e. The van der Waals surface area contributed by atoms with E-state index in [0.29, 0.717) is 23.1 Å². The van der Waals surface area contributed by atoms with Crippen LogP contribution in [0.5, 0.6) is 5.75 Å². The molecule has 0 aliphatic heterocycles. The van der Waals surface area contributed by atoms with Gasteiger partial charge in [-0.25, -0.2) is 4.79 Å². The first-order valence-electron chi connectivity index (χ1n) is 7.77. The van der Waals surface area contributed by atoms with E-state index in [-0.39, 0.29) is 12.3 Å². The Labute approximate surface area is 150 Å². The van der Waals surface area contributed by atoms with Crippen molar-refractivity contribution in [2.24, 2.45) is 0 Å². The summed E-state index contributed by atoms with van der Waals surface area (Å²) >= 11 is 5.97. The van der Waals surface area contributed by atoms with Crippen LogP contribution in [0.2, 0.25) is 5.02 Å². The van der Waals surface area contributed by atoms with E-state index in [1.807, 2.05) is 48.5 Å². The Morgan fingerprint density at radius 3 is 2.80 bits per heavy atom. The van der Waals surface area contributed by atoms with Crippen LogP contribution in [0.25, 0.3) is 11.3 Å². The first kappa shape index (κ1) is 17.0. The normalized spacial score (nSPS) is 10.5. The van der Waals surface area contributed by atoms with Gasteiger partial charge in [0.25, 0.3) is 0 Å². The molecule has 1 aromatic heterocycles. The summed E-state index contributed by atoms with van der Waals surface area (Å²) in [6, 6.07) is 16.4. The summed E-state index contributed by atoms with van der Waals surface area (Å²) in [6.07, 6.45) is 0. The van der Waals surface area contributed by atoms with Crippen LogP contribution in [-0.4, -0.2) is 17.7 Å². The van der Waals surface area contributed by atoms with Gasteiger partial charge in [0.15, 0.2) is 11.5 Å². The van der Waals surface area contributed by atoms with Gasteiger partial charge in [0, 0.05) is 16.7 Å². The Hall–Kier alpha value is -2.79. The lowest BCUT2D eigenvalue weighted by atomic mass is 10.1. The van der Waals surface area contributed by atoms with Gasteiger partial charge in [-0.2, -0.15) is 0 Å². The highest BCUT2D eigenvalue weighted by Gasteiger charge is 2.14. The van der Waals surface area contributed by atoms with E-state index < -0.39 is 5.97 Å². The lowest BCUT2D eigenvalue weighted by Gasteiger charge is -2.07. The number of aromatic nitrogens is 1. The second-order valence-electron chi connectivity index (χ2n) is 5.24. The number of carbonyl (C=O) groups excluding carboxylic acids is 1. The van der Waals surface area contributed by atoms with Gasteiger partial charge in [-0.15, -0.1) is 0 Å². The molecule has 128 valence electrons. The quantitative estimate of drug-likeness (QED) is 0.596. The van der Waals surface area contributed by atoms with Crippen molar-refractivity contribution >= 4 is 17.6 Å². The number of carbonyl (C=O) groups is 1. The molecule has 25 heavy (non-hydrogen) atoms. The van der Waals surface area contributed by atoms with Crippen LogP contribution in [-0.2, 0) is 11.3 Å². The molecular formula is C19H16ClNO4. The van der Waals surface area contributed by atoms with Crippen LogP contribution in [0.3, 0.4) is 0 Å². The van der Waals surface area contributed by atoms with Crippen LogP contribution in [0.15, 0.2) is 59.1 Å². The number of hydrogen-bond donors (Lipinski definition) is 0. The average Bonchev–Trinajstić information content (AvgIpc) is 3.11. The molecular weight excluding hydrogens is 342 g/mol. The first-order valence-corrected chi connectivity index (χ1v) is 8.15. The van der Waals surface area contributed by atoms with Crippen LogP contribution < -0.4 is 4.74 Å². The van der Waals surface area contributed by atoms with Crippen molar-refractivity contribution < 1.29 is 18.8 Å². The molecule has 0 atom stereocenters. The van der Waals surface area contributed by atoms with Crippen molar-refractivity contribution in [3.05, 3.63) is 70.9 Å². The third kappa shape index (κ3) is 4.39. The molecule has 1 heterocycles. The van der Waals surface area contributed by atoms with E-state index in [9.17, 15) is 4.79 Å². The van der Waals surface area contributed by atoms with Gasteiger partial charge in [0.05, 0.1) is 6.61 Å². The molecule has 3 aromatic rings. The van der Waals surface area contributed by atoms with Crippen molar-refractivity contribution in [3.63, 3.8) is 0 Å². The average molecular weight is 358 g/mol. The fourth-order valence-electron chi connectivity index (χ4n) is 2.25. The Morgan fingerprint density at radius 1 is 1.16 bits per heavy atom. The minimum absolute atomic E-state index is 0.141. The van der Waals surface area contributed by atoms with Gasteiger partial charge >= 0.3 is 5.97 Å². The number of benzene rings is 2. The standard InChI is InChI=1S/C19H16ClNO4/c1-2-23-19(22)17-11-18(25-21-17)14-6-4-8-16(10-14)24-12-13-5-3-7-15(20)9-13/h3-11H,2,12H2,1H3. The van der Waals surface area contributed by atoms with Gasteiger partial charge < -0.3 is 14.0 Å². The Bertz CT molecular complexity index is 875. The van der Waals surface area contributed by atoms with Crippen molar-refractivity contribution in [2.45, 2.75) is 13.5 Å². The van der Waals surface area contributed by atoms with E-state index in [1.54, 1.807) is 13.0 Å². The number of ether oxygens (including phenoxy) is 2. The molecule has 0 amide bonds. The monoisotopic (exact) mass is 357 g/mol. The number of nitrogens with zero attached hydrogens (tertiary/aromatic N) is 1. The second-order valence-corrected chi connectivity index (χ2v) is 5.68. The van der Waals surface area contributed by atoms with Crippen LogP contribution in [0, 0.1) is 0 Å². The lowest BCUT2D eigenvalue weighted by molar-refractivity contribution is 0.0514. The highest BCUT2D eigenvalue weighted by Crippen LogP contribution is 2.25. The van der Waals surface area contributed by atoms with Crippen LogP contribution in [0.1, 0.15) is 23.0 Å². The highest BCUT2D eigenvalue weighted by atomic mass is 35.5. The molecule has 0 radical (unpaired) electrons. The zero-order valence-electron chi connectivity index (χ0n) is 13.6. The van der Waals surface area contributed by atoms with Gasteiger partial charge in [0.1, 0.15) is 12.4 Å². The van der Waals surface area contributed by atoms with E-state index in [1.165, 1.54) is 0 Å². The smallest absolute Gasteiger partial charge is 0.360 e. The van der Waals surface area contributed by atoms with Gasteiger partial charge in [-0.3, -0.25) is 0 Å². The maximum absolute atomic E-state index is 11.7. The maximum atomic E-state index is 11.7. The van der Waals surface area contributed by atoms with E-state index in [0.717, 1.165) is 11.1 Å². The summed E-state index contributed by atoms with van der Waals surface area (Å²) in [6.45, 7) is 2.42. The number of halogens is 1. The molecule has 0 fully saturated rings. The Morgan fingerprint density at radius 2 is 2.00 bits per heavy atom. The van der Waals surface area contributed by atoms with Crippen molar-refractivity contribution in [2.75, 3.05) is 6.61 Å². The van der Waals surface area contributed by atoms with Crippen molar-refractivity contribution in [1.29, 1.82) is 0 Å². The molecule has 0 N–H and O–H groups in total. The van der Waals surface area contributed by atoms with E-state index >= 15 is 0 Å². The SMILES string of the molecule is CCOC(=O)c1cc(-c2cccc(OCc3cccc(Cl)c3)c2)on1. The number of rotatable bonds is 6. The minimum atomic E-state index is -0.508. The Kier molecular flexibility index (Phi) is 5.36.